The van der Waals surface area contributed by atoms with Crippen LogP contribution in [0, 0.1) is 0 Å². The summed E-state index contributed by atoms with van der Waals surface area (Å²) in [5.74, 6) is 0.0782. The molecular weight excluding hydrogens is 226 g/mol. The number of carbonyl (C=O) groups excluding carboxylic acids is 1. The van der Waals surface area contributed by atoms with Crippen molar-refractivity contribution in [2.45, 2.75) is 25.4 Å². The maximum absolute atomic E-state index is 12.0. The molecule has 2 N–H and O–H groups in total. The molecule has 0 bridgehead atoms. The molecule has 1 fully saturated rings. The second-order valence-corrected chi connectivity index (χ2v) is 5.08. The van der Waals surface area contributed by atoms with Gasteiger partial charge in [0.1, 0.15) is 0 Å². The summed E-state index contributed by atoms with van der Waals surface area (Å²) in [6.45, 7) is 1.82. The molecule has 18 heavy (non-hydrogen) atoms. The van der Waals surface area contributed by atoms with Gasteiger partial charge in [-0.3, -0.25) is 4.79 Å². The van der Waals surface area contributed by atoms with Crippen LogP contribution in [-0.2, 0) is 11.3 Å². The molecule has 0 aromatic heterocycles. The number of hydrogen-bond acceptors (Lipinski definition) is 3. The minimum atomic E-state index is -0.0255. The number of amides is 1. The monoisotopic (exact) mass is 247 g/mol. The Morgan fingerprint density at radius 3 is 3.00 bits per heavy atom. The second-order valence-electron chi connectivity index (χ2n) is 5.08. The number of carbonyl (C=O) groups is 1. The number of anilines is 1. The zero-order valence-corrected chi connectivity index (χ0v) is 11.1. The van der Waals surface area contributed by atoms with Gasteiger partial charge >= 0.3 is 0 Å². The van der Waals surface area contributed by atoms with E-state index in [0.29, 0.717) is 0 Å². The van der Waals surface area contributed by atoms with Crippen LogP contribution in [0.5, 0.6) is 0 Å². The Kier molecular flexibility index (Phi) is 4.33. The summed E-state index contributed by atoms with van der Waals surface area (Å²) in [7, 11) is 4.07. The van der Waals surface area contributed by atoms with Crippen LogP contribution in [0.1, 0.15) is 18.4 Å². The Morgan fingerprint density at radius 1 is 1.50 bits per heavy atom. The lowest BCUT2D eigenvalue weighted by Gasteiger charge is -2.13. The van der Waals surface area contributed by atoms with Crippen molar-refractivity contribution in [1.29, 1.82) is 0 Å². The summed E-state index contributed by atoms with van der Waals surface area (Å²) in [6, 6.07) is 8.00. The van der Waals surface area contributed by atoms with E-state index in [1.54, 1.807) is 0 Å². The third kappa shape index (κ3) is 3.55. The molecule has 1 aromatic carbocycles. The van der Waals surface area contributed by atoms with E-state index in [-0.39, 0.29) is 11.9 Å². The van der Waals surface area contributed by atoms with Crippen molar-refractivity contribution < 1.29 is 4.79 Å². The van der Waals surface area contributed by atoms with Gasteiger partial charge in [0.2, 0.25) is 5.91 Å². The topological polar surface area (TPSA) is 44.4 Å². The van der Waals surface area contributed by atoms with Gasteiger partial charge < -0.3 is 15.5 Å². The molecule has 4 heteroatoms. The molecule has 0 unspecified atom stereocenters. The van der Waals surface area contributed by atoms with Crippen LogP contribution in [0.4, 0.5) is 5.69 Å². The number of nitrogens with one attached hydrogen (secondary N) is 2. The molecule has 0 saturated carbocycles. The van der Waals surface area contributed by atoms with Crippen LogP contribution in [0.2, 0.25) is 0 Å². The summed E-state index contributed by atoms with van der Waals surface area (Å²) >= 11 is 0. The molecule has 1 heterocycles. The molecule has 1 aliphatic rings. The highest BCUT2D eigenvalue weighted by atomic mass is 16.2. The molecule has 1 amide bonds. The molecular formula is C14H21N3O. The van der Waals surface area contributed by atoms with Crippen molar-refractivity contribution >= 4 is 11.6 Å². The predicted octanol–water partition coefficient (Wildman–Crippen LogP) is 1.44. The number of hydrogen-bond donors (Lipinski definition) is 2. The molecule has 0 spiro atoms. The van der Waals surface area contributed by atoms with Crippen molar-refractivity contribution in [1.82, 2.24) is 10.2 Å². The van der Waals surface area contributed by atoms with Gasteiger partial charge in [-0.25, -0.2) is 0 Å². The predicted molar refractivity (Wildman–Crippen MR) is 73.5 cm³/mol. The fourth-order valence-corrected chi connectivity index (χ4v) is 2.25. The van der Waals surface area contributed by atoms with Gasteiger partial charge in [-0.2, -0.15) is 0 Å². The summed E-state index contributed by atoms with van der Waals surface area (Å²) in [5, 5.41) is 6.18. The maximum atomic E-state index is 12.0. The second kappa shape index (κ2) is 5.98. The van der Waals surface area contributed by atoms with Crippen molar-refractivity contribution in [3.05, 3.63) is 29.8 Å². The first-order valence-electron chi connectivity index (χ1n) is 6.43. The zero-order chi connectivity index (χ0) is 13.0. The fraction of sp³-hybridized carbons (Fsp3) is 0.500. The molecule has 0 radical (unpaired) electrons. The Morgan fingerprint density at radius 2 is 2.33 bits per heavy atom. The highest BCUT2D eigenvalue weighted by Gasteiger charge is 2.21. The zero-order valence-electron chi connectivity index (χ0n) is 11.1. The van der Waals surface area contributed by atoms with Gasteiger partial charge in [0.15, 0.2) is 0 Å². The lowest BCUT2D eigenvalue weighted by atomic mass is 10.1. The minimum Gasteiger partial charge on any atom is -0.325 e. The van der Waals surface area contributed by atoms with E-state index in [4.69, 9.17) is 0 Å². The number of rotatable bonds is 4. The van der Waals surface area contributed by atoms with Crippen molar-refractivity contribution in [2.75, 3.05) is 26.0 Å². The normalized spacial score (nSPS) is 19.2. The van der Waals surface area contributed by atoms with Gasteiger partial charge in [-0.1, -0.05) is 12.1 Å². The third-order valence-corrected chi connectivity index (χ3v) is 3.07. The first kappa shape index (κ1) is 13.1. The van der Waals surface area contributed by atoms with Crippen LogP contribution in [0.3, 0.4) is 0 Å². The van der Waals surface area contributed by atoms with E-state index in [1.165, 1.54) is 5.56 Å². The summed E-state index contributed by atoms with van der Waals surface area (Å²) < 4.78 is 0. The van der Waals surface area contributed by atoms with E-state index >= 15 is 0 Å². The summed E-state index contributed by atoms with van der Waals surface area (Å²) in [5.41, 5.74) is 2.09. The average Bonchev–Trinajstić information content (AvgIpc) is 2.81. The van der Waals surface area contributed by atoms with E-state index in [1.807, 2.05) is 32.3 Å². The smallest absolute Gasteiger partial charge is 0.241 e. The minimum absolute atomic E-state index is 0.0255. The van der Waals surface area contributed by atoms with Crippen LogP contribution in [0.15, 0.2) is 24.3 Å². The molecule has 1 aliphatic heterocycles. The largest absolute Gasteiger partial charge is 0.325 e. The summed E-state index contributed by atoms with van der Waals surface area (Å²) in [4.78, 5) is 14.1. The van der Waals surface area contributed by atoms with Gasteiger partial charge in [-0.15, -0.1) is 0 Å². The first-order chi connectivity index (χ1) is 8.65. The Labute approximate surface area is 108 Å². The van der Waals surface area contributed by atoms with E-state index in [9.17, 15) is 4.79 Å². The van der Waals surface area contributed by atoms with Gasteiger partial charge in [0.25, 0.3) is 0 Å². The maximum Gasteiger partial charge on any atom is 0.241 e. The molecule has 1 atom stereocenters. The van der Waals surface area contributed by atoms with Crippen LogP contribution >= 0.6 is 0 Å². The average molecular weight is 247 g/mol. The molecule has 1 aromatic rings. The van der Waals surface area contributed by atoms with Crippen LogP contribution < -0.4 is 10.6 Å². The first-order valence-corrected chi connectivity index (χ1v) is 6.43. The van der Waals surface area contributed by atoms with E-state index in [2.05, 4.69) is 21.6 Å². The van der Waals surface area contributed by atoms with Gasteiger partial charge in [0.05, 0.1) is 6.04 Å². The molecule has 98 valence electrons. The Bertz CT molecular complexity index is 411. The fourth-order valence-electron chi connectivity index (χ4n) is 2.25. The highest BCUT2D eigenvalue weighted by Crippen LogP contribution is 2.14. The van der Waals surface area contributed by atoms with Crippen molar-refractivity contribution in [2.24, 2.45) is 0 Å². The quantitative estimate of drug-likeness (QED) is 0.846. The Hall–Kier alpha value is -1.39. The highest BCUT2D eigenvalue weighted by molar-refractivity contribution is 5.95. The molecule has 2 rings (SSSR count). The van der Waals surface area contributed by atoms with Crippen LogP contribution in [0.25, 0.3) is 0 Å². The van der Waals surface area contributed by atoms with E-state index < -0.39 is 0 Å². The lowest BCUT2D eigenvalue weighted by molar-refractivity contribution is -0.117. The molecule has 0 aliphatic carbocycles. The van der Waals surface area contributed by atoms with Crippen LogP contribution in [-0.4, -0.2) is 37.5 Å². The van der Waals surface area contributed by atoms with Gasteiger partial charge in [-0.05, 0) is 51.2 Å². The Balaban J connectivity index is 1.97. The standard InChI is InChI=1S/C14H21N3O/c1-17(2)10-11-5-3-6-12(9-11)16-14(18)13-7-4-8-15-13/h3,5-6,9,13,15H,4,7-8,10H2,1-2H3,(H,16,18)/t13-/m0/s1. The lowest BCUT2D eigenvalue weighted by Crippen LogP contribution is -2.35. The SMILES string of the molecule is CN(C)Cc1cccc(NC(=O)[C@@H]2CCCN2)c1. The van der Waals surface area contributed by atoms with E-state index in [0.717, 1.165) is 31.6 Å². The third-order valence-electron chi connectivity index (χ3n) is 3.07. The summed E-state index contributed by atoms with van der Waals surface area (Å²) in [6.07, 6.45) is 2.02. The number of nitrogens with zero attached hydrogens (tertiary/aromatic N) is 1. The number of benzene rings is 1. The van der Waals surface area contributed by atoms with Crippen molar-refractivity contribution in [3.8, 4) is 0 Å². The molecule has 1 saturated heterocycles. The molecule has 4 nitrogen and oxygen atoms in total. The van der Waals surface area contributed by atoms with Gasteiger partial charge in [0, 0.05) is 12.2 Å². The van der Waals surface area contributed by atoms with Crippen molar-refractivity contribution in [3.63, 3.8) is 0 Å².